The number of carbonyl (C=O) groups is 1. The number of hydrogen-bond acceptors (Lipinski definition) is 5. The second-order valence-corrected chi connectivity index (χ2v) is 4.25. The van der Waals surface area contributed by atoms with E-state index in [9.17, 15) is 9.90 Å². The molecule has 1 rings (SSSR count). The van der Waals surface area contributed by atoms with Gasteiger partial charge in [-0.2, -0.15) is 0 Å². The van der Waals surface area contributed by atoms with E-state index in [1.807, 2.05) is 0 Å². The summed E-state index contributed by atoms with van der Waals surface area (Å²) in [5.74, 6) is -0.194. The van der Waals surface area contributed by atoms with E-state index in [2.05, 4.69) is 0 Å². The molecule has 0 aromatic heterocycles. The number of amides is 1. The van der Waals surface area contributed by atoms with E-state index in [1.54, 1.807) is 7.05 Å². The maximum absolute atomic E-state index is 12.0. The average Bonchev–Trinajstić information content (AvgIpc) is 2.65. The molecule has 1 aliphatic heterocycles. The van der Waals surface area contributed by atoms with Crippen LogP contribution in [0.15, 0.2) is 0 Å². The normalized spacial score (nSPS) is 26.8. The zero-order chi connectivity index (χ0) is 12.2. The molecule has 0 aliphatic carbocycles. The number of aliphatic hydroxyl groups is 1. The molecule has 0 spiro atoms. The molecule has 6 nitrogen and oxygen atoms in total. The predicted molar refractivity (Wildman–Crippen MR) is 57.9 cm³/mol. The lowest BCUT2D eigenvalue weighted by Crippen LogP contribution is -2.56. The molecule has 1 saturated heterocycles. The van der Waals surface area contributed by atoms with E-state index >= 15 is 0 Å². The van der Waals surface area contributed by atoms with E-state index in [-0.39, 0.29) is 25.7 Å². The minimum atomic E-state index is -0.929. The number of nitrogens with zero attached hydrogens (tertiary/aromatic N) is 1. The van der Waals surface area contributed by atoms with Crippen LogP contribution in [-0.2, 0) is 14.3 Å². The minimum absolute atomic E-state index is 0.194. The zero-order valence-electron chi connectivity index (χ0n) is 9.81. The second kappa shape index (κ2) is 5.58. The van der Waals surface area contributed by atoms with Gasteiger partial charge in [-0.05, 0) is 6.42 Å². The number of ether oxygens (including phenoxy) is 2. The number of carbonyl (C=O) groups excluding carboxylic acids is 1. The zero-order valence-corrected chi connectivity index (χ0v) is 9.81. The fraction of sp³-hybridized carbons (Fsp3) is 0.900. The predicted octanol–water partition coefficient (Wildman–Crippen LogP) is -1.43. The monoisotopic (exact) mass is 232 g/mol. The number of rotatable bonds is 5. The van der Waals surface area contributed by atoms with Gasteiger partial charge in [-0.15, -0.1) is 0 Å². The molecule has 0 saturated carbocycles. The van der Waals surface area contributed by atoms with Gasteiger partial charge in [-0.1, -0.05) is 0 Å². The number of nitrogens with two attached hydrogens (primary N) is 1. The van der Waals surface area contributed by atoms with Gasteiger partial charge in [0, 0.05) is 27.3 Å². The minimum Gasteiger partial charge on any atom is -0.389 e. The van der Waals surface area contributed by atoms with Gasteiger partial charge in [-0.3, -0.25) is 4.79 Å². The summed E-state index contributed by atoms with van der Waals surface area (Å²) >= 11 is 0. The highest BCUT2D eigenvalue weighted by molar-refractivity contribution is 5.86. The van der Waals surface area contributed by atoms with Crippen molar-refractivity contribution in [2.24, 2.45) is 5.73 Å². The van der Waals surface area contributed by atoms with Crippen LogP contribution in [0.2, 0.25) is 0 Å². The van der Waals surface area contributed by atoms with Gasteiger partial charge in [0.2, 0.25) is 5.91 Å². The summed E-state index contributed by atoms with van der Waals surface area (Å²) in [5.41, 5.74) is 5.00. The smallest absolute Gasteiger partial charge is 0.244 e. The fourth-order valence-corrected chi connectivity index (χ4v) is 1.77. The topological polar surface area (TPSA) is 85.0 Å². The quantitative estimate of drug-likeness (QED) is 0.607. The third-order valence-electron chi connectivity index (χ3n) is 2.67. The molecule has 94 valence electrons. The Kier molecular flexibility index (Phi) is 4.67. The third-order valence-corrected chi connectivity index (χ3v) is 2.67. The van der Waals surface area contributed by atoms with Crippen LogP contribution in [0.1, 0.15) is 6.42 Å². The van der Waals surface area contributed by atoms with Crippen molar-refractivity contribution in [3.63, 3.8) is 0 Å². The Labute approximate surface area is 95.3 Å². The van der Waals surface area contributed by atoms with Crippen molar-refractivity contribution in [1.29, 1.82) is 0 Å². The molecule has 2 unspecified atom stereocenters. The van der Waals surface area contributed by atoms with Gasteiger partial charge in [-0.25, -0.2) is 0 Å². The number of likely N-dealkylation sites (N-methyl/N-ethyl adjacent to an activating group) is 1. The highest BCUT2D eigenvalue weighted by Crippen LogP contribution is 2.17. The molecule has 16 heavy (non-hydrogen) atoms. The first-order valence-electron chi connectivity index (χ1n) is 5.29. The van der Waals surface area contributed by atoms with Crippen molar-refractivity contribution in [2.45, 2.75) is 18.1 Å². The lowest BCUT2D eigenvalue weighted by atomic mass is 9.98. The summed E-state index contributed by atoms with van der Waals surface area (Å²) in [6, 6.07) is 0. The van der Waals surface area contributed by atoms with Gasteiger partial charge in [0.25, 0.3) is 0 Å². The Bertz CT molecular complexity index is 241. The summed E-state index contributed by atoms with van der Waals surface area (Å²) in [6.45, 7) is 1.17. The molecular formula is C10H20N2O4. The molecule has 0 radical (unpaired) electrons. The first kappa shape index (κ1) is 13.4. The van der Waals surface area contributed by atoms with E-state index < -0.39 is 11.6 Å². The fourth-order valence-electron chi connectivity index (χ4n) is 1.77. The molecule has 3 N–H and O–H groups in total. The van der Waals surface area contributed by atoms with Crippen LogP contribution in [0, 0.1) is 0 Å². The van der Waals surface area contributed by atoms with Crippen LogP contribution < -0.4 is 5.73 Å². The van der Waals surface area contributed by atoms with Crippen LogP contribution >= 0.6 is 0 Å². The molecule has 2 atom stereocenters. The number of hydrogen-bond donors (Lipinski definition) is 2. The van der Waals surface area contributed by atoms with Crippen LogP contribution in [-0.4, -0.2) is 68.1 Å². The molecule has 0 aromatic rings. The SMILES string of the molecule is COCC(O)CN(C)C(=O)C1(N)CCOC1. The molecular weight excluding hydrogens is 212 g/mol. The van der Waals surface area contributed by atoms with Crippen LogP contribution in [0.3, 0.4) is 0 Å². The van der Waals surface area contributed by atoms with Crippen molar-refractivity contribution in [2.75, 3.05) is 40.5 Å². The van der Waals surface area contributed by atoms with Crippen molar-refractivity contribution >= 4 is 5.91 Å². The van der Waals surface area contributed by atoms with Gasteiger partial charge < -0.3 is 25.2 Å². The summed E-state index contributed by atoms with van der Waals surface area (Å²) in [6.07, 6.45) is -0.166. The van der Waals surface area contributed by atoms with Crippen LogP contribution in [0.5, 0.6) is 0 Å². The van der Waals surface area contributed by atoms with Crippen molar-refractivity contribution < 1.29 is 19.4 Å². The van der Waals surface area contributed by atoms with Crippen molar-refractivity contribution in [1.82, 2.24) is 4.90 Å². The first-order valence-corrected chi connectivity index (χ1v) is 5.29. The van der Waals surface area contributed by atoms with Gasteiger partial charge in [0.15, 0.2) is 0 Å². The Balaban J connectivity index is 2.46. The van der Waals surface area contributed by atoms with E-state index in [0.29, 0.717) is 13.0 Å². The Hall–Kier alpha value is -0.690. The molecule has 1 heterocycles. The van der Waals surface area contributed by atoms with Gasteiger partial charge >= 0.3 is 0 Å². The molecule has 0 aromatic carbocycles. The van der Waals surface area contributed by atoms with Crippen LogP contribution in [0.4, 0.5) is 0 Å². The standard InChI is InChI=1S/C10H20N2O4/c1-12(5-8(13)6-15-2)9(14)10(11)3-4-16-7-10/h8,13H,3-7,11H2,1-2H3. The maximum atomic E-state index is 12.0. The average molecular weight is 232 g/mol. The van der Waals surface area contributed by atoms with Gasteiger partial charge in [0.1, 0.15) is 5.54 Å². The van der Waals surface area contributed by atoms with E-state index in [0.717, 1.165) is 0 Å². The highest BCUT2D eigenvalue weighted by Gasteiger charge is 2.40. The Morgan fingerprint density at radius 3 is 2.94 bits per heavy atom. The summed E-state index contributed by atoms with van der Waals surface area (Å²) < 4.78 is 9.92. The Morgan fingerprint density at radius 2 is 2.44 bits per heavy atom. The van der Waals surface area contributed by atoms with Crippen LogP contribution in [0.25, 0.3) is 0 Å². The molecule has 6 heteroatoms. The molecule has 1 fully saturated rings. The number of aliphatic hydroxyl groups excluding tert-OH is 1. The largest absolute Gasteiger partial charge is 0.389 e. The lowest BCUT2D eigenvalue weighted by molar-refractivity contribution is -0.137. The third kappa shape index (κ3) is 3.15. The molecule has 1 amide bonds. The first-order chi connectivity index (χ1) is 7.49. The van der Waals surface area contributed by atoms with E-state index in [1.165, 1.54) is 12.0 Å². The van der Waals surface area contributed by atoms with Crippen molar-refractivity contribution in [3.8, 4) is 0 Å². The van der Waals surface area contributed by atoms with Crippen molar-refractivity contribution in [3.05, 3.63) is 0 Å². The van der Waals surface area contributed by atoms with E-state index in [4.69, 9.17) is 15.2 Å². The molecule has 1 aliphatic rings. The summed E-state index contributed by atoms with van der Waals surface area (Å²) in [4.78, 5) is 13.4. The Morgan fingerprint density at radius 1 is 1.75 bits per heavy atom. The highest BCUT2D eigenvalue weighted by atomic mass is 16.5. The maximum Gasteiger partial charge on any atom is 0.244 e. The molecule has 0 bridgehead atoms. The summed E-state index contributed by atoms with van der Waals surface area (Å²) in [5, 5.41) is 9.50. The second-order valence-electron chi connectivity index (χ2n) is 4.25. The lowest BCUT2D eigenvalue weighted by Gasteiger charge is -2.28. The van der Waals surface area contributed by atoms with Gasteiger partial charge in [0.05, 0.1) is 19.3 Å². The number of methoxy groups -OCH3 is 1. The summed E-state index contributed by atoms with van der Waals surface area (Å²) in [7, 11) is 3.12.